The second kappa shape index (κ2) is 4.38. The number of pyridine rings is 1. The van der Waals surface area contributed by atoms with Crippen LogP contribution in [0.1, 0.15) is 23.9 Å². The highest BCUT2D eigenvalue weighted by atomic mass is 14.9. The Kier molecular flexibility index (Phi) is 3.43. The van der Waals surface area contributed by atoms with Gasteiger partial charge in [-0.25, -0.2) is 0 Å². The van der Waals surface area contributed by atoms with Gasteiger partial charge in [-0.3, -0.25) is 4.98 Å². The van der Waals surface area contributed by atoms with Gasteiger partial charge >= 0.3 is 0 Å². The first-order valence-corrected chi connectivity index (χ1v) is 4.73. The lowest BCUT2D eigenvalue weighted by Crippen LogP contribution is -2.24. The zero-order valence-corrected chi connectivity index (χ0v) is 8.89. The van der Waals surface area contributed by atoms with Crippen LogP contribution in [0.3, 0.4) is 0 Å². The molecule has 0 fully saturated rings. The summed E-state index contributed by atoms with van der Waals surface area (Å²) in [6, 6.07) is 4.75. The third kappa shape index (κ3) is 3.15. The SMILES string of the molecule is CN[C@@H](C)Cc1cc(C)cc(C)n1. The molecule has 2 nitrogen and oxygen atoms in total. The number of aromatic nitrogens is 1. The van der Waals surface area contributed by atoms with Crippen LogP contribution in [-0.2, 0) is 6.42 Å². The van der Waals surface area contributed by atoms with Gasteiger partial charge in [0, 0.05) is 23.9 Å². The van der Waals surface area contributed by atoms with E-state index < -0.39 is 0 Å². The topological polar surface area (TPSA) is 24.9 Å². The van der Waals surface area contributed by atoms with Gasteiger partial charge in [-0.05, 0) is 45.5 Å². The van der Waals surface area contributed by atoms with Crippen LogP contribution >= 0.6 is 0 Å². The molecular formula is C11H18N2. The summed E-state index contributed by atoms with van der Waals surface area (Å²) in [4.78, 5) is 4.48. The molecule has 0 aliphatic carbocycles. The molecule has 0 saturated heterocycles. The first-order valence-electron chi connectivity index (χ1n) is 4.73. The molecule has 0 unspecified atom stereocenters. The van der Waals surface area contributed by atoms with E-state index in [0.29, 0.717) is 6.04 Å². The lowest BCUT2D eigenvalue weighted by molar-refractivity contribution is 0.599. The van der Waals surface area contributed by atoms with Crippen LogP contribution in [0, 0.1) is 13.8 Å². The average Bonchev–Trinajstić information content (AvgIpc) is 2.02. The number of hydrogen-bond acceptors (Lipinski definition) is 2. The predicted molar refractivity (Wildman–Crippen MR) is 55.9 cm³/mol. The van der Waals surface area contributed by atoms with Gasteiger partial charge in [-0.15, -0.1) is 0 Å². The van der Waals surface area contributed by atoms with Crippen LogP contribution in [0.15, 0.2) is 12.1 Å². The zero-order valence-electron chi connectivity index (χ0n) is 8.89. The molecule has 1 rings (SSSR count). The highest BCUT2D eigenvalue weighted by molar-refractivity contribution is 5.19. The molecule has 1 aromatic rings. The minimum Gasteiger partial charge on any atom is -0.317 e. The molecule has 72 valence electrons. The van der Waals surface area contributed by atoms with Gasteiger partial charge in [-0.2, -0.15) is 0 Å². The third-order valence-corrected chi connectivity index (χ3v) is 2.16. The molecule has 13 heavy (non-hydrogen) atoms. The highest BCUT2D eigenvalue weighted by Crippen LogP contribution is 2.06. The van der Waals surface area contributed by atoms with E-state index in [4.69, 9.17) is 0 Å². The van der Waals surface area contributed by atoms with Gasteiger partial charge < -0.3 is 5.32 Å². The van der Waals surface area contributed by atoms with E-state index in [1.54, 1.807) is 0 Å². The lowest BCUT2D eigenvalue weighted by Gasteiger charge is -2.10. The van der Waals surface area contributed by atoms with Crippen LogP contribution in [0.2, 0.25) is 0 Å². The summed E-state index contributed by atoms with van der Waals surface area (Å²) in [5, 5.41) is 3.21. The second-order valence-electron chi connectivity index (χ2n) is 3.67. The molecule has 1 atom stereocenters. The fraction of sp³-hybridized carbons (Fsp3) is 0.545. The number of nitrogens with zero attached hydrogens (tertiary/aromatic N) is 1. The molecule has 0 aliphatic heterocycles. The summed E-state index contributed by atoms with van der Waals surface area (Å²) in [5.41, 5.74) is 3.59. The number of likely N-dealkylation sites (N-methyl/N-ethyl adjacent to an activating group) is 1. The lowest BCUT2D eigenvalue weighted by atomic mass is 10.1. The fourth-order valence-electron chi connectivity index (χ4n) is 1.45. The van der Waals surface area contributed by atoms with Crippen LogP contribution in [0.4, 0.5) is 0 Å². The average molecular weight is 178 g/mol. The molecule has 1 aromatic heterocycles. The minimum absolute atomic E-state index is 0.494. The summed E-state index contributed by atoms with van der Waals surface area (Å²) in [5.74, 6) is 0. The first-order chi connectivity index (χ1) is 6.11. The van der Waals surface area contributed by atoms with Gasteiger partial charge in [0.1, 0.15) is 0 Å². The van der Waals surface area contributed by atoms with Gasteiger partial charge in [0.25, 0.3) is 0 Å². The van der Waals surface area contributed by atoms with Crippen LogP contribution in [-0.4, -0.2) is 18.1 Å². The molecule has 0 aliphatic rings. The van der Waals surface area contributed by atoms with Gasteiger partial charge in [0.05, 0.1) is 0 Å². The molecule has 0 aromatic carbocycles. The van der Waals surface area contributed by atoms with Crippen molar-refractivity contribution in [2.24, 2.45) is 0 Å². The quantitative estimate of drug-likeness (QED) is 0.764. The van der Waals surface area contributed by atoms with Gasteiger partial charge in [0.2, 0.25) is 0 Å². The van der Waals surface area contributed by atoms with E-state index in [9.17, 15) is 0 Å². The molecular weight excluding hydrogens is 160 g/mol. The Labute approximate surface area is 80.4 Å². The molecule has 0 bridgehead atoms. The van der Waals surface area contributed by atoms with E-state index in [2.05, 4.69) is 36.3 Å². The smallest absolute Gasteiger partial charge is 0.0424 e. The molecule has 0 saturated carbocycles. The Morgan fingerprint density at radius 3 is 2.62 bits per heavy atom. The Morgan fingerprint density at radius 1 is 1.38 bits per heavy atom. The summed E-state index contributed by atoms with van der Waals surface area (Å²) in [7, 11) is 1.98. The van der Waals surface area contributed by atoms with Crippen molar-refractivity contribution in [3.63, 3.8) is 0 Å². The fourth-order valence-corrected chi connectivity index (χ4v) is 1.45. The molecule has 0 spiro atoms. The van der Waals surface area contributed by atoms with Crippen molar-refractivity contribution >= 4 is 0 Å². The molecule has 0 radical (unpaired) electrons. The van der Waals surface area contributed by atoms with Crippen molar-refractivity contribution < 1.29 is 0 Å². The Hall–Kier alpha value is -0.890. The predicted octanol–water partition coefficient (Wildman–Crippen LogP) is 1.85. The van der Waals surface area contributed by atoms with Crippen LogP contribution in [0.5, 0.6) is 0 Å². The number of aryl methyl sites for hydroxylation is 2. The number of rotatable bonds is 3. The summed E-state index contributed by atoms with van der Waals surface area (Å²) >= 11 is 0. The first kappa shape index (κ1) is 10.2. The molecule has 0 amide bonds. The van der Waals surface area contributed by atoms with Gasteiger partial charge in [-0.1, -0.05) is 0 Å². The van der Waals surface area contributed by atoms with E-state index in [0.717, 1.165) is 12.1 Å². The normalized spacial score (nSPS) is 12.9. The summed E-state index contributed by atoms with van der Waals surface area (Å²) < 4.78 is 0. The highest BCUT2D eigenvalue weighted by Gasteiger charge is 2.02. The maximum Gasteiger partial charge on any atom is 0.0424 e. The summed E-state index contributed by atoms with van der Waals surface area (Å²) in [6.07, 6.45) is 0.999. The van der Waals surface area contributed by atoms with E-state index in [1.807, 2.05) is 14.0 Å². The van der Waals surface area contributed by atoms with E-state index in [1.165, 1.54) is 11.3 Å². The van der Waals surface area contributed by atoms with Crippen molar-refractivity contribution in [3.05, 3.63) is 29.1 Å². The minimum atomic E-state index is 0.494. The molecule has 1 N–H and O–H groups in total. The standard InChI is InChI=1S/C11H18N2/c1-8-5-10(3)13-11(6-8)7-9(2)12-4/h5-6,9,12H,7H2,1-4H3/t9-/m0/s1. The van der Waals surface area contributed by atoms with Gasteiger partial charge in [0.15, 0.2) is 0 Å². The van der Waals surface area contributed by atoms with Crippen molar-refractivity contribution in [2.75, 3.05) is 7.05 Å². The van der Waals surface area contributed by atoms with Crippen LogP contribution < -0.4 is 5.32 Å². The van der Waals surface area contributed by atoms with Crippen molar-refractivity contribution in [1.29, 1.82) is 0 Å². The molecule has 1 heterocycles. The number of hydrogen-bond donors (Lipinski definition) is 1. The Balaban J connectivity index is 2.77. The largest absolute Gasteiger partial charge is 0.317 e. The molecule has 2 heteroatoms. The number of nitrogens with one attached hydrogen (secondary N) is 1. The third-order valence-electron chi connectivity index (χ3n) is 2.16. The summed E-state index contributed by atoms with van der Waals surface area (Å²) in [6.45, 7) is 6.32. The van der Waals surface area contributed by atoms with Crippen molar-refractivity contribution in [3.8, 4) is 0 Å². The van der Waals surface area contributed by atoms with Crippen molar-refractivity contribution in [2.45, 2.75) is 33.2 Å². The van der Waals surface area contributed by atoms with Crippen LogP contribution in [0.25, 0.3) is 0 Å². The Morgan fingerprint density at radius 2 is 2.08 bits per heavy atom. The van der Waals surface area contributed by atoms with E-state index in [-0.39, 0.29) is 0 Å². The van der Waals surface area contributed by atoms with E-state index >= 15 is 0 Å². The maximum absolute atomic E-state index is 4.48. The van der Waals surface area contributed by atoms with Crippen molar-refractivity contribution in [1.82, 2.24) is 10.3 Å². The monoisotopic (exact) mass is 178 g/mol. The zero-order chi connectivity index (χ0) is 9.84. The Bertz CT molecular complexity index is 261. The second-order valence-corrected chi connectivity index (χ2v) is 3.67. The maximum atomic E-state index is 4.48.